The zero-order valence-corrected chi connectivity index (χ0v) is 13.3. The molecule has 0 aliphatic heterocycles. The first-order chi connectivity index (χ1) is 10.2. The van der Waals surface area contributed by atoms with Gasteiger partial charge in [-0.2, -0.15) is 5.26 Å². The van der Waals surface area contributed by atoms with Crippen molar-refractivity contribution in [2.75, 3.05) is 6.54 Å². The molecule has 0 aliphatic rings. The van der Waals surface area contributed by atoms with Crippen molar-refractivity contribution < 1.29 is 0 Å². The van der Waals surface area contributed by atoms with Gasteiger partial charge in [0.2, 0.25) is 0 Å². The molecule has 0 aliphatic carbocycles. The molecular formula is C18H20N2S. The monoisotopic (exact) mass is 296 g/mol. The number of benzene rings is 2. The third-order valence-corrected chi connectivity index (χ3v) is 4.42. The van der Waals surface area contributed by atoms with Crippen LogP contribution in [0.15, 0.2) is 53.4 Å². The summed E-state index contributed by atoms with van der Waals surface area (Å²) in [5.41, 5.74) is 3.27. The van der Waals surface area contributed by atoms with E-state index in [1.807, 2.05) is 36.0 Å². The second kappa shape index (κ2) is 7.87. The predicted octanol–water partition coefficient (Wildman–Crippen LogP) is 4.52. The van der Waals surface area contributed by atoms with E-state index >= 15 is 0 Å². The molecule has 3 heteroatoms. The van der Waals surface area contributed by atoms with Crippen molar-refractivity contribution in [2.45, 2.75) is 30.5 Å². The van der Waals surface area contributed by atoms with E-state index in [9.17, 15) is 0 Å². The summed E-state index contributed by atoms with van der Waals surface area (Å²) in [5, 5.41) is 12.2. The second-order valence-corrected chi connectivity index (χ2v) is 6.00. The van der Waals surface area contributed by atoms with E-state index < -0.39 is 0 Å². The van der Waals surface area contributed by atoms with Gasteiger partial charge in [-0.15, -0.1) is 11.8 Å². The van der Waals surface area contributed by atoms with Crippen LogP contribution in [0.5, 0.6) is 0 Å². The Morgan fingerprint density at radius 1 is 1.19 bits per heavy atom. The molecular weight excluding hydrogens is 276 g/mol. The van der Waals surface area contributed by atoms with E-state index in [-0.39, 0.29) is 0 Å². The van der Waals surface area contributed by atoms with E-state index in [0.29, 0.717) is 11.6 Å². The molecule has 0 saturated heterocycles. The molecule has 108 valence electrons. The van der Waals surface area contributed by atoms with Crippen LogP contribution < -0.4 is 5.32 Å². The normalized spacial score (nSPS) is 11.9. The number of nitrogens with one attached hydrogen (secondary N) is 1. The van der Waals surface area contributed by atoms with Gasteiger partial charge in [-0.3, -0.25) is 0 Å². The fourth-order valence-electron chi connectivity index (χ4n) is 2.14. The Morgan fingerprint density at radius 2 is 1.95 bits per heavy atom. The third kappa shape index (κ3) is 4.63. The molecule has 0 fully saturated rings. The van der Waals surface area contributed by atoms with Crippen LogP contribution >= 0.6 is 11.8 Å². The molecule has 2 rings (SSSR count). The molecule has 21 heavy (non-hydrogen) atoms. The van der Waals surface area contributed by atoms with E-state index in [4.69, 9.17) is 5.26 Å². The van der Waals surface area contributed by atoms with Crippen LogP contribution in [0, 0.1) is 11.3 Å². The number of hydrogen-bond donors (Lipinski definition) is 1. The lowest BCUT2D eigenvalue weighted by Gasteiger charge is -2.13. The maximum atomic E-state index is 8.80. The van der Waals surface area contributed by atoms with Crippen LogP contribution in [0.4, 0.5) is 0 Å². The highest BCUT2D eigenvalue weighted by atomic mass is 32.2. The topological polar surface area (TPSA) is 35.8 Å². The molecule has 0 heterocycles. The van der Waals surface area contributed by atoms with Crippen LogP contribution in [0.2, 0.25) is 0 Å². The standard InChI is InChI=1S/C18H20N2S/c1-3-20-14(2)17-5-4-6-18(11-17)21-13-16-9-7-15(12-19)8-10-16/h4-11,14,20H,3,13H2,1-2H3. The van der Waals surface area contributed by atoms with Gasteiger partial charge in [-0.05, 0) is 48.9 Å². The van der Waals surface area contributed by atoms with E-state index in [1.54, 1.807) is 0 Å². The predicted molar refractivity (Wildman–Crippen MR) is 89.3 cm³/mol. The quantitative estimate of drug-likeness (QED) is 0.796. The van der Waals surface area contributed by atoms with Crippen LogP contribution in [0.1, 0.15) is 36.6 Å². The first kappa shape index (κ1) is 15.6. The molecule has 0 amide bonds. The average Bonchev–Trinajstić information content (AvgIpc) is 2.54. The number of nitrogens with zero attached hydrogens (tertiary/aromatic N) is 1. The molecule has 0 saturated carbocycles. The van der Waals surface area contributed by atoms with Gasteiger partial charge in [0.25, 0.3) is 0 Å². The Balaban J connectivity index is 1.99. The maximum absolute atomic E-state index is 8.80. The Labute approximate surface area is 131 Å². The van der Waals surface area contributed by atoms with Crippen LogP contribution in [-0.4, -0.2) is 6.54 Å². The number of rotatable bonds is 6. The number of nitriles is 1. The lowest BCUT2D eigenvalue weighted by Crippen LogP contribution is -2.17. The van der Waals surface area contributed by atoms with Gasteiger partial charge in [-0.25, -0.2) is 0 Å². The Kier molecular flexibility index (Phi) is 5.86. The summed E-state index contributed by atoms with van der Waals surface area (Å²) in [6.45, 7) is 5.29. The second-order valence-electron chi connectivity index (χ2n) is 4.95. The van der Waals surface area contributed by atoms with E-state index in [1.165, 1.54) is 16.0 Å². The summed E-state index contributed by atoms with van der Waals surface area (Å²) in [6, 6.07) is 19.0. The highest BCUT2D eigenvalue weighted by molar-refractivity contribution is 7.98. The summed E-state index contributed by atoms with van der Waals surface area (Å²) in [7, 11) is 0. The molecule has 2 aromatic carbocycles. The lowest BCUT2D eigenvalue weighted by molar-refractivity contribution is 0.597. The highest BCUT2D eigenvalue weighted by Gasteiger charge is 2.04. The van der Waals surface area contributed by atoms with Gasteiger partial charge in [0.05, 0.1) is 11.6 Å². The summed E-state index contributed by atoms with van der Waals surface area (Å²) < 4.78 is 0. The molecule has 0 bridgehead atoms. The minimum Gasteiger partial charge on any atom is -0.310 e. The fraction of sp³-hybridized carbons (Fsp3) is 0.278. The zero-order valence-electron chi connectivity index (χ0n) is 12.5. The molecule has 0 aromatic heterocycles. The van der Waals surface area contributed by atoms with Crippen molar-refractivity contribution in [2.24, 2.45) is 0 Å². The zero-order chi connectivity index (χ0) is 15.1. The molecule has 1 atom stereocenters. The summed E-state index contributed by atoms with van der Waals surface area (Å²) >= 11 is 1.83. The van der Waals surface area contributed by atoms with Crippen molar-refractivity contribution >= 4 is 11.8 Å². The molecule has 0 radical (unpaired) electrons. The first-order valence-electron chi connectivity index (χ1n) is 7.18. The molecule has 0 spiro atoms. The maximum Gasteiger partial charge on any atom is 0.0991 e. The van der Waals surface area contributed by atoms with Crippen molar-refractivity contribution in [1.29, 1.82) is 5.26 Å². The molecule has 2 aromatic rings. The van der Waals surface area contributed by atoms with Gasteiger partial charge in [0, 0.05) is 16.7 Å². The highest BCUT2D eigenvalue weighted by Crippen LogP contribution is 2.25. The van der Waals surface area contributed by atoms with Gasteiger partial charge in [0.1, 0.15) is 0 Å². The Bertz CT molecular complexity index is 614. The van der Waals surface area contributed by atoms with Crippen molar-refractivity contribution in [3.05, 3.63) is 65.2 Å². The van der Waals surface area contributed by atoms with Gasteiger partial charge >= 0.3 is 0 Å². The summed E-state index contributed by atoms with van der Waals surface area (Å²) in [4.78, 5) is 1.28. The van der Waals surface area contributed by atoms with Crippen molar-refractivity contribution in [3.8, 4) is 6.07 Å². The van der Waals surface area contributed by atoms with Gasteiger partial charge in [0.15, 0.2) is 0 Å². The average molecular weight is 296 g/mol. The number of thioether (sulfide) groups is 1. The largest absolute Gasteiger partial charge is 0.310 e. The minimum absolute atomic E-state index is 0.380. The van der Waals surface area contributed by atoms with Gasteiger partial charge < -0.3 is 5.32 Å². The molecule has 1 unspecified atom stereocenters. The summed E-state index contributed by atoms with van der Waals surface area (Å²) in [5.74, 6) is 0.921. The van der Waals surface area contributed by atoms with Crippen molar-refractivity contribution in [3.63, 3.8) is 0 Å². The third-order valence-electron chi connectivity index (χ3n) is 3.36. The Hall–Kier alpha value is -1.76. The lowest BCUT2D eigenvalue weighted by atomic mass is 10.1. The smallest absolute Gasteiger partial charge is 0.0991 e. The SMILES string of the molecule is CCNC(C)c1cccc(SCc2ccc(C#N)cc2)c1. The van der Waals surface area contributed by atoms with Crippen LogP contribution in [0.3, 0.4) is 0 Å². The van der Waals surface area contributed by atoms with Gasteiger partial charge in [-0.1, -0.05) is 31.2 Å². The Morgan fingerprint density at radius 3 is 2.62 bits per heavy atom. The number of hydrogen-bond acceptors (Lipinski definition) is 3. The summed E-state index contributed by atoms with van der Waals surface area (Å²) in [6.07, 6.45) is 0. The van der Waals surface area contributed by atoms with E-state index in [0.717, 1.165) is 12.3 Å². The molecule has 2 nitrogen and oxygen atoms in total. The minimum atomic E-state index is 0.380. The fourth-order valence-corrected chi connectivity index (χ4v) is 3.06. The first-order valence-corrected chi connectivity index (χ1v) is 8.16. The van der Waals surface area contributed by atoms with E-state index in [2.05, 4.69) is 49.5 Å². The molecule has 1 N–H and O–H groups in total. The van der Waals surface area contributed by atoms with Crippen LogP contribution in [-0.2, 0) is 5.75 Å². The van der Waals surface area contributed by atoms with Crippen molar-refractivity contribution in [1.82, 2.24) is 5.32 Å². The van der Waals surface area contributed by atoms with Crippen LogP contribution in [0.25, 0.3) is 0 Å².